The summed E-state index contributed by atoms with van der Waals surface area (Å²) in [4.78, 5) is 24.7. The molecule has 1 amide bonds. The number of hydrogen-bond donors (Lipinski definition) is 3. The Balaban J connectivity index is 1.48. The Hall–Kier alpha value is -3.97. The van der Waals surface area contributed by atoms with E-state index >= 15 is 0 Å². The summed E-state index contributed by atoms with van der Waals surface area (Å²) in [6.07, 6.45) is 0.304. The summed E-state index contributed by atoms with van der Waals surface area (Å²) in [7, 11) is 0. The normalized spacial score (nSPS) is 14.2. The molecule has 6 nitrogen and oxygen atoms in total. The number of amides is 1. The van der Waals surface area contributed by atoms with Gasteiger partial charge in [0.25, 0.3) is 5.91 Å². The number of benzene rings is 3. The van der Waals surface area contributed by atoms with Gasteiger partial charge in [-0.15, -0.1) is 0 Å². The Morgan fingerprint density at radius 2 is 1.72 bits per heavy atom. The van der Waals surface area contributed by atoms with Crippen LogP contribution in [0, 0.1) is 5.82 Å². The Labute approximate surface area is 210 Å². The molecule has 36 heavy (non-hydrogen) atoms. The highest BCUT2D eigenvalue weighted by Gasteiger charge is 2.28. The van der Waals surface area contributed by atoms with E-state index in [1.54, 1.807) is 6.07 Å². The van der Waals surface area contributed by atoms with E-state index in [9.17, 15) is 14.0 Å². The first kappa shape index (κ1) is 25.1. The molecule has 0 saturated carbocycles. The molecule has 7 heteroatoms. The average molecular weight is 488 g/mol. The molecule has 1 heterocycles. The van der Waals surface area contributed by atoms with E-state index < -0.39 is 11.4 Å². The number of carbonyl (C=O) groups is 2. The van der Waals surface area contributed by atoms with Gasteiger partial charge in [-0.3, -0.25) is 9.59 Å². The molecule has 3 aromatic rings. The molecule has 0 bridgehead atoms. The summed E-state index contributed by atoms with van der Waals surface area (Å²) in [6, 6.07) is 21.7. The fourth-order valence-corrected chi connectivity index (χ4v) is 3.94. The second-order valence-electron chi connectivity index (χ2n) is 9.60. The molecule has 186 valence electrons. The van der Waals surface area contributed by atoms with E-state index in [0.717, 1.165) is 16.8 Å². The minimum absolute atomic E-state index is 0.226. The number of carbonyl (C=O) groups excluding carboxylic acids is 2. The first-order valence-electron chi connectivity index (χ1n) is 11.9. The van der Waals surface area contributed by atoms with Gasteiger partial charge in [0.2, 0.25) is 0 Å². The predicted molar refractivity (Wildman–Crippen MR) is 141 cm³/mol. The molecule has 3 aromatic carbocycles. The van der Waals surface area contributed by atoms with Crippen molar-refractivity contribution in [3.8, 4) is 0 Å². The third kappa shape index (κ3) is 6.37. The molecule has 0 radical (unpaired) electrons. The number of ether oxygens (including phenoxy) is 1. The first-order chi connectivity index (χ1) is 17.2. The minimum Gasteiger partial charge on any atom is -0.460 e. The van der Waals surface area contributed by atoms with Crippen molar-refractivity contribution >= 4 is 34.5 Å². The molecule has 0 atom stereocenters. The molecule has 0 spiro atoms. The van der Waals surface area contributed by atoms with Crippen LogP contribution in [0.3, 0.4) is 0 Å². The fraction of sp³-hybridized carbons (Fsp3) is 0.241. The van der Waals surface area contributed by atoms with Crippen LogP contribution in [-0.4, -0.2) is 24.0 Å². The summed E-state index contributed by atoms with van der Waals surface area (Å²) < 4.78 is 19.0. The van der Waals surface area contributed by atoms with E-state index in [-0.39, 0.29) is 11.9 Å². The number of fused-ring (bicyclic) bond motifs is 1. The van der Waals surface area contributed by atoms with Gasteiger partial charge in [0.1, 0.15) is 11.4 Å². The molecule has 1 aliphatic heterocycles. The lowest BCUT2D eigenvalue weighted by molar-refractivity contribution is -0.154. The van der Waals surface area contributed by atoms with Gasteiger partial charge >= 0.3 is 5.97 Å². The molecule has 0 saturated heterocycles. The number of esters is 1. The second kappa shape index (κ2) is 10.7. The van der Waals surface area contributed by atoms with Crippen LogP contribution < -0.4 is 16.0 Å². The summed E-state index contributed by atoms with van der Waals surface area (Å²) in [5.74, 6) is -0.913. The van der Waals surface area contributed by atoms with Gasteiger partial charge in [-0.05, 0) is 62.2 Å². The molecule has 3 N–H and O–H groups in total. The topological polar surface area (TPSA) is 79.5 Å². The smallest absolute Gasteiger partial charge is 0.307 e. The molecule has 4 rings (SSSR count). The number of hydrogen-bond acceptors (Lipinski definition) is 5. The van der Waals surface area contributed by atoms with Gasteiger partial charge in [0.15, 0.2) is 0 Å². The molecular weight excluding hydrogens is 457 g/mol. The average Bonchev–Trinajstić information content (AvgIpc) is 3.15. The van der Waals surface area contributed by atoms with Crippen LogP contribution in [-0.2, 0) is 20.9 Å². The van der Waals surface area contributed by atoms with Crippen LogP contribution in [0.5, 0.6) is 0 Å². The van der Waals surface area contributed by atoms with Crippen molar-refractivity contribution in [3.63, 3.8) is 0 Å². The standard InChI is InChI=1S/C29H30FN3O3/c1-29(2,3)36-25(34)15-16-31-18-19-9-12-22(13-10-19)32-27(20-7-5-4-6-8-20)26-23-14-11-21(30)17-24(23)33-28(26)35/h4-14,17,31-32H,15-16,18H2,1-3H3,(H,33,35)/b27-26-. The summed E-state index contributed by atoms with van der Waals surface area (Å²) >= 11 is 0. The summed E-state index contributed by atoms with van der Waals surface area (Å²) in [5.41, 5.74) is 4.43. The van der Waals surface area contributed by atoms with Crippen molar-refractivity contribution in [2.24, 2.45) is 0 Å². The summed E-state index contributed by atoms with van der Waals surface area (Å²) in [6.45, 7) is 6.69. The van der Waals surface area contributed by atoms with E-state index in [1.807, 2.05) is 75.4 Å². The van der Waals surface area contributed by atoms with Gasteiger partial charge in [-0.1, -0.05) is 42.5 Å². The number of nitrogens with one attached hydrogen (secondary N) is 3. The second-order valence-corrected chi connectivity index (χ2v) is 9.60. The van der Waals surface area contributed by atoms with Crippen LogP contribution in [0.15, 0.2) is 72.8 Å². The molecule has 0 unspecified atom stereocenters. The largest absolute Gasteiger partial charge is 0.460 e. The third-order valence-electron chi connectivity index (χ3n) is 5.52. The maximum atomic E-state index is 13.7. The number of anilines is 2. The number of rotatable bonds is 8. The lowest BCUT2D eigenvalue weighted by atomic mass is 10.00. The highest BCUT2D eigenvalue weighted by atomic mass is 19.1. The van der Waals surface area contributed by atoms with Crippen LogP contribution >= 0.6 is 0 Å². The van der Waals surface area contributed by atoms with Crippen molar-refractivity contribution in [2.45, 2.75) is 39.3 Å². The minimum atomic E-state index is -0.481. The Kier molecular flexibility index (Phi) is 7.50. The molecule has 0 aromatic heterocycles. The van der Waals surface area contributed by atoms with Gasteiger partial charge in [0, 0.05) is 24.3 Å². The van der Waals surface area contributed by atoms with Crippen molar-refractivity contribution in [3.05, 3.63) is 95.3 Å². The fourth-order valence-electron chi connectivity index (χ4n) is 3.94. The van der Waals surface area contributed by atoms with Crippen molar-refractivity contribution in [1.82, 2.24) is 5.32 Å². The quantitative estimate of drug-likeness (QED) is 0.220. The zero-order valence-electron chi connectivity index (χ0n) is 20.7. The lowest BCUT2D eigenvalue weighted by Crippen LogP contribution is -2.26. The van der Waals surface area contributed by atoms with Crippen LogP contribution in [0.4, 0.5) is 15.8 Å². The van der Waals surface area contributed by atoms with Crippen molar-refractivity contribution in [2.75, 3.05) is 17.2 Å². The maximum absolute atomic E-state index is 13.7. The van der Waals surface area contributed by atoms with Crippen molar-refractivity contribution < 1.29 is 18.7 Å². The lowest BCUT2D eigenvalue weighted by Gasteiger charge is -2.19. The molecule has 0 aliphatic carbocycles. The van der Waals surface area contributed by atoms with Gasteiger partial charge in [0.05, 0.1) is 23.4 Å². The number of halogens is 1. The van der Waals surface area contributed by atoms with E-state index in [0.29, 0.717) is 42.0 Å². The monoisotopic (exact) mass is 487 g/mol. The van der Waals surface area contributed by atoms with Crippen LogP contribution in [0.25, 0.3) is 11.3 Å². The Morgan fingerprint density at radius 1 is 1.00 bits per heavy atom. The molecular formula is C29H30FN3O3. The SMILES string of the molecule is CC(C)(C)OC(=O)CCNCc1ccc(N/C(=C2\C(=O)Nc3cc(F)ccc32)c2ccccc2)cc1. The van der Waals surface area contributed by atoms with Gasteiger partial charge < -0.3 is 20.7 Å². The van der Waals surface area contributed by atoms with Gasteiger partial charge in [-0.25, -0.2) is 4.39 Å². The summed E-state index contributed by atoms with van der Waals surface area (Å²) in [5, 5.41) is 9.42. The highest BCUT2D eigenvalue weighted by Crippen LogP contribution is 2.37. The zero-order chi connectivity index (χ0) is 25.7. The zero-order valence-corrected chi connectivity index (χ0v) is 20.7. The highest BCUT2D eigenvalue weighted by molar-refractivity contribution is 6.37. The van der Waals surface area contributed by atoms with Crippen LogP contribution in [0.1, 0.15) is 43.9 Å². The Bertz CT molecular complexity index is 1280. The van der Waals surface area contributed by atoms with E-state index in [1.165, 1.54) is 12.1 Å². The predicted octanol–water partition coefficient (Wildman–Crippen LogP) is 5.58. The third-order valence-corrected chi connectivity index (χ3v) is 5.52. The van der Waals surface area contributed by atoms with Crippen molar-refractivity contribution in [1.29, 1.82) is 0 Å². The maximum Gasteiger partial charge on any atom is 0.307 e. The van der Waals surface area contributed by atoms with Gasteiger partial charge in [-0.2, -0.15) is 0 Å². The Morgan fingerprint density at radius 3 is 2.42 bits per heavy atom. The van der Waals surface area contributed by atoms with E-state index in [2.05, 4.69) is 16.0 Å². The molecule has 1 aliphatic rings. The van der Waals surface area contributed by atoms with E-state index in [4.69, 9.17) is 4.74 Å². The van der Waals surface area contributed by atoms with Crippen LogP contribution in [0.2, 0.25) is 0 Å². The molecule has 0 fully saturated rings. The first-order valence-corrected chi connectivity index (χ1v) is 11.9.